The summed E-state index contributed by atoms with van der Waals surface area (Å²) >= 11 is 0. The maximum atomic E-state index is 13.3. The molecule has 2 unspecified atom stereocenters. The van der Waals surface area contributed by atoms with Crippen molar-refractivity contribution in [1.82, 2.24) is 20.3 Å². The number of amides is 1. The highest BCUT2D eigenvalue weighted by atomic mass is 16.7. The standard InChI is InChI=1S/C35H43N5O10/c1-21(2)29(37-26(42)11-6-12-27(43)47-20-28(45-4)48-22(3)19-41)35(44)49-24-9-5-8-23(18-24)32-38-30-25-10-7-13-36-34(25)50-31(30)33(39-32)40-14-16-46-17-15-40/h5,7-10,13,18,21-22,28-29,41H,6,11-12,14-17,19-20H2,1-4H3,(H,37,42)/t22?,28?,29-/m0/s1. The van der Waals surface area contributed by atoms with Gasteiger partial charge in [0, 0.05) is 44.8 Å². The number of aliphatic hydroxyl groups excluding tert-OH is 1. The Morgan fingerprint density at radius 1 is 1.06 bits per heavy atom. The van der Waals surface area contributed by atoms with Gasteiger partial charge < -0.3 is 43.4 Å². The van der Waals surface area contributed by atoms with Crippen LogP contribution >= 0.6 is 0 Å². The molecule has 1 aromatic carbocycles. The molecule has 0 spiro atoms. The van der Waals surface area contributed by atoms with Crippen LogP contribution in [-0.4, -0.2) is 103 Å². The first kappa shape index (κ1) is 36.6. The summed E-state index contributed by atoms with van der Waals surface area (Å²) in [6.07, 6.45) is 0.544. The number of methoxy groups -OCH3 is 1. The quantitative estimate of drug-likeness (QED) is 0.0988. The number of ether oxygens (including phenoxy) is 5. The molecule has 0 aliphatic carbocycles. The zero-order chi connectivity index (χ0) is 35.6. The van der Waals surface area contributed by atoms with Crippen LogP contribution in [0, 0.1) is 5.92 Å². The van der Waals surface area contributed by atoms with Crippen molar-refractivity contribution in [2.45, 2.75) is 58.5 Å². The second-order valence-electron chi connectivity index (χ2n) is 12.2. The number of hydrogen-bond donors (Lipinski definition) is 2. The van der Waals surface area contributed by atoms with Crippen LogP contribution < -0.4 is 15.0 Å². The van der Waals surface area contributed by atoms with Crippen LogP contribution in [0.3, 0.4) is 0 Å². The van der Waals surface area contributed by atoms with Crippen molar-refractivity contribution in [3.63, 3.8) is 0 Å². The number of fused-ring (bicyclic) bond motifs is 3. The lowest BCUT2D eigenvalue weighted by atomic mass is 10.0. The fraction of sp³-hybridized carbons (Fsp3) is 0.486. The van der Waals surface area contributed by atoms with E-state index in [1.807, 2.05) is 18.2 Å². The number of esters is 2. The zero-order valence-corrected chi connectivity index (χ0v) is 28.6. The van der Waals surface area contributed by atoms with Gasteiger partial charge in [-0.25, -0.2) is 19.7 Å². The number of nitrogens with zero attached hydrogens (tertiary/aromatic N) is 4. The van der Waals surface area contributed by atoms with Crippen molar-refractivity contribution in [2.24, 2.45) is 5.92 Å². The average molecular weight is 694 g/mol. The molecule has 50 heavy (non-hydrogen) atoms. The van der Waals surface area contributed by atoms with Crippen molar-refractivity contribution >= 4 is 45.9 Å². The summed E-state index contributed by atoms with van der Waals surface area (Å²) in [5.41, 5.74) is 2.24. The first-order chi connectivity index (χ1) is 24.2. The van der Waals surface area contributed by atoms with Gasteiger partial charge in [0.05, 0.1) is 31.3 Å². The minimum Gasteiger partial charge on any atom is -0.460 e. The number of pyridine rings is 1. The number of aromatic nitrogens is 3. The molecule has 4 heterocycles. The molecule has 15 heteroatoms. The van der Waals surface area contributed by atoms with Crippen LogP contribution in [0.2, 0.25) is 0 Å². The average Bonchev–Trinajstić information content (AvgIpc) is 3.50. The third-order valence-corrected chi connectivity index (χ3v) is 8.00. The number of nitrogens with one attached hydrogen (secondary N) is 1. The van der Waals surface area contributed by atoms with Gasteiger partial charge in [0.15, 0.2) is 23.5 Å². The highest BCUT2D eigenvalue weighted by molar-refractivity contribution is 6.05. The second kappa shape index (κ2) is 17.3. The number of aliphatic hydroxyl groups is 1. The van der Waals surface area contributed by atoms with Gasteiger partial charge >= 0.3 is 11.9 Å². The van der Waals surface area contributed by atoms with E-state index >= 15 is 0 Å². The number of carbonyl (C=O) groups excluding carboxylic acids is 3. The molecule has 5 rings (SSSR count). The van der Waals surface area contributed by atoms with Crippen LogP contribution in [0.4, 0.5) is 5.82 Å². The highest BCUT2D eigenvalue weighted by Crippen LogP contribution is 2.35. The van der Waals surface area contributed by atoms with Crippen LogP contribution in [0.25, 0.3) is 33.6 Å². The molecule has 1 aliphatic rings. The Labute approximate surface area is 289 Å². The lowest BCUT2D eigenvalue weighted by molar-refractivity contribution is -0.191. The normalized spacial score (nSPS) is 15.2. The molecule has 2 N–H and O–H groups in total. The van der Waals surface area contributed by atoms with E-state index in [1.54, 1.807) is 45.2 Å². The van der Waals surface area contributed by atoms with E-state index in [0.717, 1.165) is 5.39 Å². The van der Waals surface area contributed by atoms with Crippen molar-refractivity contribution in [2.75, 3.05) is 51.5 Å². The number of carbonyl (C=O) groups is 3. The summed E-state index contributed by atoms with van der Waals surface area (Å²) in [6.45, 7) is 7.28. The van der Waals surface area contributed by atoms with Crippen LogP contribution in [0.15, 0.2) is 47.0 Å². The Hall–Kier alpha value is -4.70. The topological polar surface area (TPSA) is 185 Å². The summed E-state index contributed by atoms with van der Waals surface area (Å²) in [7, 11) is 1.40. The van der Waals surface area contributed by atoms with E-state index in [4.69, 9.17) is 43.2 Å². The van der Waals surface area contributed by atoms with Gasteiger partial charge in [0.1, 0.15) is 23.9 Å². The molecule has 1 fully saturated rings. The minimum atomic E-state index is -0.934. The van der Waals surface area contributed by atoms with Gasteiger partial charge in [-0.2, -0.15) is 0 Å². The van der Waals surface area contributed by atoms with Crippen LogP contribution in [0.1, 0.15) is 40.0 Å². The molecule has 3 atom stereocenters. The summed E-state index contributed by atoms with van der Waals surface area (Å²) in [6, 6.07) is 9.68. The Bertz CT molecular complexity index is 1770. The Kier molecular flexibility index (Phi) is 12.7. The molecule has 0 bridgehead atoms. The highest BCUT2D eigenvalue weighted by Gasteiger charge is 2.27. The molecular formula is C35H43N5O10. The smallest absolute Gasteiger partial charge is 0.334 e. The van der Waals surface area contributed by atoms with Gasteiger partial charge in [0.2, 0.25) is 11.6 Å². The lowest BCUT2D eigenvalue weighted by Crippen LogP contribution is -2.46. The van der Waals surface area contributed by atoms with Crippen molar-refractivity contribution in [3.8, 4) is 17.1 Å². The number of hydrogen-bond acceptors (Lipinski definition) is 14. The van der Waals surface area contributed by atoms with E-state index < -0.39 is 36.3 Å². The summed E-state index contributed by atoms with van der Waals surface area (Å²) in [5.74, 6) is -0.543. The number of benzene rings is 1. The fourth-order valence-corrected chi connectivity index (χ4v) is 5.30. The van der Waals surface area contributed by atoms with Crippen LogP contribution in [0.5, 0.6) is 5.75 Å². The predicted molar refractivity (Wildman–Crippen MR) is 181 cm³/mol. The molecule has 0 radical (unpaired) electrons. The third kappa shape index (κ3) is 9.29. The number of furan rings is 1. The monoisotopic (exact) mass is 693 g/mol. The van der Waals surface area contributed by atoms with Gasteiger partial charge in [-0.1, -0.05) is 26.0 Å². The molecule has 3 aromatic heterocycles. The Morgan fingerprint density at radius 2 is 1.86 bits per heavy atom. The second-order valence-corrected chi connectivity index (χ2v) is 12.2. The van der Waals surface area contributed by atoms with E-state index in [1.165, 1.54) is 7.11 Å². The third-order valence-electron chi connectivity index (χ3n) is 8.00. The number of morpholine rings is 1. The molecule has 1 saturated heterocycles. The lowest BCUT2D eigenvalue weighted by Gasteiger charge is -2.27. The molecule has 0 saturated carbocycles. The van der Waals surface area contributed by atoms with Gasteiger partial charge in [-0.3, -0.25) is 9.59 Å². The number of anilines is 1. The van der Waals surface area contributed by atoms with E-state index in [2.05, 4.69) is 15.2 Å². The van der Waals surface area contributed by atoms with E-state index in [-0.39, 0.29) is 44.1 Å². The SMILES string of the molecule is COC(COC(=O)CCCC(=O)N[C@H](C(=O)Oc1cccc(-c2nc(N3CCOCC3)c3oc4ncccc4c3n2)c1)C(C)C)OC(C)CO. The van der Waals surface area contributed by atoms with E-state index in [0.29, 0.717) is 60.3 Å². The molecule has 1 amide bonds. The molecular weight excluding hydrogens is 650 g/mol. The largest absolute Gasteiger partial charge is 0.460 e. The minimum absolute atomic E-state index is 0.00363. The van der Waals surface area contributed by atoms with Crippen molar-refractivity contribution in [3.05, 3.63) is 42.6 Å². The predicted octanol–water partition coefficient (Wildman–Crippen LogP) is 3.40. The van der Waals surface area contributed by atoms with Gasteiger partial charge in [0.25, 0.3) is 0 Å². The fourth-order valence-electron chi connectivity index (χ4n) is 5.30. The summed E-state index contributed by atoms with van der Waals surface area (Å²) < 4.78 is 33.0. The Morgan fingerprint density at radius 3 is 2.60 bits per heavy atom. The first-order valence-corrected chi connectivity index (χ1v) is 16.6. The molecule has 1 aliphatic heterocycles. The van der Waals surface area contributed by atoms with Crippen LogP contribution in [-0.2, 0) is 33.3 Å². The Balaban J connectivity index is 1.22. The van der Waals surface area contributed by atoms with Gasteiger partial charge in [-0.05, 0) is 43.5 Å². The molecule has 268 valence electrons. The maximum absolute atomic E-state index is 13.3. The first-order valence-electron chi connectivity index (χ1n) is 16.6. The van der Waals surface area contributed by atoms with E-state index in [9.17, 15) is 14.4 Å². The van der Waals surface area contributed by atoms with Crippen molar-refractivity contribution in [1.29, 1.82) is 0 Å². The molecule has 4 aromatic rings. The summed E-state index contributed by atoms with van der Waals surface area (Å²) in [4.78, 5) is 54.4. The zero-order valence-electron chi connectivity index (χ0n) is 28.6. The van der Waals surface area contributed by atoms with Crippen molar-refractivity contribution < 1.29 is 47.6 Å². The molecule has 15 nitrogen and oxygen atoms in total. The van der Waals surface area contributed by atoms with Gasteiger partial charge in [-0.15, -0.1) is 0 Å². The summed E-state index contributed by atoms with van der Waals surface area (Å²) in [5, 5.41) is 12.6. The maximum Gasteiger partial charge on any atom is 0.334 e. The number of rotatable bonds is 16.